The van der Waals surface area contributed by atoms with Crippen LogP contribution in [0.1, 0.15) is 72.9 Å². The molecule has 2 fully saturated rings. The van der Waals surface area contributed by atoms with Crippen LogP contribution in [0.2, 0.25) is 0 Å². The lowest BCUT2D eigenvalue weighted by atomic mass is 10.0. The van der Waals surface area contributed by atoms with Crippen LogP contribution in [0.25, 0.3) is 5.57 Å². The number of aromatic nitrogens is 2. The lowest BCUT2D eigenvalue weighted by molar-refractivity contribution is -0.137. The van der Waals surface area contributed by atoms with E-state index in [1.807, 2.05) is 24.3 Å². The van der Waals surface area contributed by atoms with Crippen molar-refractivity contribution >= 4 is 17.3 Å². The van der Waals surface area contributed by atoms with Gasteiger partial charge in [0.1, 0.15) is 11.5 Å². The zero-order valence-electron chi connectivity index (χ0n) is 25.1. The molecule has 2 aromatic heterocycles. The van der Waals surface area contributed by atoms with E-state index in [1.165, 1.54) is 25.1 Å². The Morgan fingerprint density at radius 2 is 1.29 bits per heavy atom. The molecule has 4 heterocycles. The second-order valence-electron chi connectivity index (χ2n) is 10.2. The molecule has 11 heteroatoms. The molecular formula is C34H36N2O9. The van der Waals surface area contributed by atoms with E-state index < -0.39 is 5.97 Å². The van der Waals surface area contributed by atoms with E-state index >= 15 is 0 Å². The van der Waals surface area contributed by atoms with E-state index in [4.69, 9.17) is 32.5 Å². The number of hydrogen-bond acceptors (Lipinski definition) is 11. The van der Waals surface area contributed by atoms with Gasteiger partial charge in [0.2, 0.25) is 5.78 Å². The molecule has 0 spiro atoms. The molecule has 0 amide bonds. The minimum atomic E-state index is -0.426. The fraction of sp³-hybridized carbons (Fsp3) is 0.353. The molecule has 2 saturated heterocycles. The second-order valence-corrected chi connectivity index (χ2v) is 10.2. The average Bonchev–Trinajstić information content (AvgIpc) is 3.82. The number of ketones is 1. The van der Waals surface area contributed by atoms with Gasteiger partial charge >= 0.3 is 5.97 Å². The summed E-state index contributed by atoms with van der Waals surface area (Å²) in [5.74, 6) is 1.54. The summed E-state index contributed by atoms with van der Waals surface area (Å²) in [5.41, 5.74) is 1.96. The Kier molecular flexibility index (Phi) is 11.5. The van der Waals surface area contributed by atoms with Crippen LogP contribution in [-0.4, -0.2) is 54.1 Å². The van der Waals surface area contributed by atoms with Gasteiger partial charge in [-0.05, 0) is 74.6 Å². The highest BCUT2D eigenvalue weighted by Gasteiger charge is 2.18. The van der Waals surface area contributed by atoms with Crippen molar-refractivity contribution in [3.63, 3.8) is 0 Å². The van der Waals surface area contributed by atoms with Crippen molar-refractivity contribution in [1.82, 2.24) is 9.97 Å². The summed E-state index contributed by atoms with van der Waals surface area (Å²) < 4.78 is 38.0. The van der Waals surface area contributed by atoms with Gasteiger partial charge in [0.05, 0.1) is 32.2 Å². The van der Waals surface area contributed by atoms with Gasteiger partial charge in [-0.1, -0.05) is 12.1 Å². The van der Waals surface area contributed by atoms with Crippen molar-refractivity contribution in [2.24, 2.45) is 0 Å². The number of oxazole rings is 2. The van der Waals surface area contributed by atoms with Gasteiger partial charge in [0.15, 0.2) is 36.9 Å². The molecule has 6 rings (SSSR count). The fourth-order valence-electron chi connectivity index (χ4n) is 4.73. The summed E-state index contributed by atoms with van der Waals surface area (Å²) in [6.45, 7) is 3.56. The Labute approximate surface area is 261 Å². The highest BCUT2D eigenvalue weighted by Crippen LogP contribution is 2.27. The maximum Gasteiger partial charge on any atom is 0.331 e. The van der Waals surface area contributed by atoms with Crippen LogP contribution in [0.15, 0.2) is 88.6 Å². The number of carbonyl (C=O) groups excluding carboxylic acids is 2. The van der Waals surface area contributed by atoms with Crippen molar-refractivity contribution in [2.45, 2.75) is 58.0 Å². The predicted molar refractivity (Wildman–Crippen MR) is 161 cm³/mol. The maximum absolute atomic E-state index is 12.0. The maximum atomic E-state index is 12.0. The number of benzene rings is 2. The number of ether oxygens (including phenoxy) is 5. The van der Waals surface area contributed by atoms with Crippen LogP contribution in [0.3, 0.4) is 0 Å². The summed E-state index contributed by atoms with van der Waals surface area (Å²) in [7, 11) is 0. The Bertz CT molecular complexity index is 1490. The number of nitrogens with zero attached hydrogens (tertiary/aromatic N) is 2. The van der Waals surface area contributed by atoms with Crippen LogP contribution in [0.4, 0.5) is 0 Å². The third-order valence-corrected chi connectivity index (χ3v) is 7.00. The zero-order chi connectivity index (χ0) is 31.3. The van der Waals surface area contributed by atoms with Gasteiger partial charge < -0.3 is 32.5 Å². The minimum Gasteiger partial charge on any atom is -0.465 e. The van der Waals surface area contributed by atoms with Crippen molar-refractivity contribution in [2.75, 3.05) is 19.8 Å². The van der Waals surface area contributed by atoms with E-state index in [2.05, 4.69) is 9.97 Å². The Balaban J connectivity index is 0.000000182. The van der Waals surface area contributed by atoms with Gasteiger partial charge in [0.25, 0.3) is 0 Å². The number of rotatable bonds is 10. The molecule has 2 aliphatic heterocycles. The van der Waals surface area contributed by atoms with Crippen molar-refractivity contribution in [3.8, 4) is 11.5 Å². The molecule has 4 aromatic rings. The highest BCUT2D eigenvalue weighted by atomic mass is 16.7. The second kappa shape index (κ2) is 16.4. The third-order valence-electron chi connectivity index (χ3n) is 7.00. The molecule has 236 valence electrons. The molecule has 0 bridgehead atoms. The largest absolute Gasteiger partial charge is 0.465 e. The molecular weight excluding hydrogens is 580 g/mol. The molecule has 2 unspecified atom stereocenters. The summed E-state index contributed by atoms with van der Waals surface area (Å²) in [5, 5.41) is 0. The first-order valence-corrected chi connectivity index (χ1v) is 15.1. The van der Waals surface area contributed by atoms with Crippen LogP contribution in [0, 0.1) is 0 Å². The molecule has 0 N–H and O–H groups in total. The molecule has 2 aliphatic rings. The molecule has 45 heavy (non-hydrogen) atoms. The van der Waals surface area contributed by atoms with Crippen LogP contribution in [0.5, 0.6) is 11.5 Å². The smallest absolute Gasteiger partial charge is 0.331 e. The molecule has 0 saturated carbocycles. The third kappa shape index (κ3) is 9.37. The van der Waals surface area contributed by atoms with Crippen LogP contribution in [-0.2, 0) is 19.0 Å². The van der Waals surface area contributed by atoms with Gasteiger partial charge in [-0.3, -0.25) is 4.79 Å². The van der Waals surface area contributed by atoms with E-state index in [0.29, 0.717) is 29.3 Å². The Hall–Kier alpha value is -4.74. The van der Waals surface area contributed by atoms with E-state index in [0.717, 1.165) is 63.1 Å². The summed E-state index contributed by atoms with van der Waals surface area (Å²) in [6, 6.07) is 14.4. The number of hydrogen-bond donors (Lipinski definition) is 0. The Morgan fingerprint density at radius 1 is 0.756 bits per heavy atom. The fourth-order valence-corrected chi connectivity index (χ4v) is 4.73. The molecule has 0 radical (unpaired) electrons. The Morgan fingerprint density at radius 3 is 1.76 bits per heavy atom. The van der Waals surface area contributed by atoms with E-state index in [1.54, 1.807) is 37.4 Å². The quantitative estimate of drug-likeness (QED) is 0.112. The topological polar surface area (TPSA) is 132 Å². The predicted octanol–water partition coefficient (Wildman–Crippen LogP) is 6.39. The van der Waals surface area contributed by atoms with Crippen molar-refractivity contribution in [3.05, 3.63) is 102 Å². The molecule has 11 nitrogen and oxygen atoms in total. The standard InChI is InChI=1S/C19H21NO5.C15H15NO4/c1-2-22-18(21)11-16(17-12-20-13-24-17)14-6-8-15(9-7-14)25-19-5-3-4-10-23-19;17-15(13-9-16-10-19-13)11-4-6-12(7-5-11)20-14-3-1-2-8-18-14/h6-9,11-13,19H,2-5,10H2,1H3;4-7,9-10,14H,1-3,8H2. The summed E-state index contributed by atoms with van der Waals surface area (Å²) in [6.07, 6.45) is 12.8. The molecule has 0 aliphatic carbocycles. The first-order valence-electron chi connectivity index (χ1n) is 15.1. The van der Waals surface area contributed by atoms with Crippen LogP contribution >= 0.6 is 0 Å². The van der Waals surface area contributed by atoms with Gasteiger partial charge in [-0.15, -0.1) is 0 Å². The normalized spacial score (nSPS) is 18.3. The first-order chi connectivity index (χ1) is 22.1. The van der Waals surface area contributed by atoms with Crippen molar-refractivity contribution in [1.29, 1.82) is 0 Å². The lowest BCUT2D eigenvalue weighted by Crippen LogP contribution is -2.24. The molecule has 2 atom stereocenters. The van der Waals surface area contributed by atoms with Gasteiger partial charge in [-0.2, -0.15) is 0 Å². The van der Waals surface area contributed by atoms with Crippen molar-refractivity contribution < 1.29 is 42.1 Å². The lowest BCUT2D eigenvalue weighted by Gasteiger charge is -2.23. The minimum absolute atomic E-state index is 0.181. The number of esters is 1. The monoisotopic (exact) mass is 616 g/mol. The zero-order valence-corrected chi connectivity index (χ0v) is 25.1. The van der Waals surface area contributed by atoms with Gasteiger partial charge in [0, 0.05) is 30.1 Å². The van der Waals surface area contributed by atoms with E-state index in [-0.39, 0.29) is 24.1 Å². The highest BCUT2D eigenvalue weighted by molar-refractivity contribution is 6.06. The van der Waals surface area contributed by atoms with Gasteiger partial charge in [-0.25, -0.2) is 14.8 Å². The van der Waals surface area contributed by atoms with Crippen LogP contribution < -0.4 is 9.47 Å². The number of carbonyl (C=O) groups is 2. The first kappa shape index (κ1) is 31.7. The average molecular weight is 617 g/mol. The molecule has 2 aromatic carbocycles. The summed E-state index contributed by atoms with van der Waals surface area (Å²) >= 11 is 0. The van der Waals surface area contributed by atoms with E-state index in [9.17, 15) is 9.59 Å². The SMILES string of the molecule is CCOC(=O)C=C(c1ccc(OC2CCCCO2)cc1)c1cnco1.O=C(c1ccc(OC2CCCCO2)cc1)c1cnco1. The summed E-state index contributed by atoms with van der Waals surface area (Å²) in [4.78, 5) is 31.5.